The Hall–Kier alpha value is -1.27. The average Bonchev–Trinajstić information content (AvgIpc) is 2.42. The second-order valence-electron chi connectivity index (χ2n) is 5.56. The van der Waals surface area contributed by atoms with E-state index in [2.05, 4.69) is 5.32 Å². The van der Waals surface area contributed by atoms with Gasteiger partial charge in [-0.1, -0.05) is 13.8 Å². The van der Waals surface area contributed by atoms with Gasteiger partial charge in [0.1, 0.15) is 12.4 Å². The molecule has 21 heavy (non-hydrogen) atoms. The molecule has 0 aromatic heterocycles. The van der Waals surface area contributed by atoms with E-state index < -0.39 is 9.05 Å². The zero-order valence-electron chi connectivity index (χ0n) is 11.9. The number of rotatable bonds is 4. The molecule has 0 saturated carbocycles. The van der Waals surface area contributed by atoms with Crippen LogP contribution < -0.4 is 10.1 Å². The van der Waals surface area contributed by atoms with Crippen molar-refractivity contribution in [2.24, 2.45) is 11.8 Å². The number of nitrogens with one attached hydrogen (secondary N) is 1. The molecule has 1 heterocycles. The molecule has 0 radical (unpaired) electrons. The Morgan fingerprint density at radius 2 is 2.19 bits per heavy atom. The largest absolute Gasteiger partial charge is 0.492 e. The SMILES string of the molecule is CC(C)CNC(=O)C1COc2ccc(S(=O)(=O)Cl)cc2C1. The first-order chi connectivity index (χ1) is 9.77. The van der Waals surface area contributed by atoms with Gasteiger partial charge in [0.05, 0.1) is 10.8 Å². The maximum Gasteiger partial charge on any atom is 0.261 e. The van der Waals surface area contributed by atoms with Gasteiger partial charge in [0, 0.05) is 17.2 Å². The highest BCUT2D eigenvalue weighted by Crippen LogP contribution is 2.30. The highest BCUT2D eigenvalue weighted by atomic mass is 35.7. The molecule has 0 bridgehead atoms. The fraction of sp³-hybridized carbons (Fsp3) is 0.500. The third-order valence-electron chi connectivity index (χ3n) is 3.28. The van der Waals surface area contributed by atoms with E-state index in [-0.39, 0.29) is 16.7 Å². The van der Waals surface area contributed by atoms with Gasteiger partial charge >= 0.3 is 0 Å². The van der Waals surface area contributed by atoms with Crippen LogP contribution in [-0.4, -0.2) is 27.5 Å². The highest BCUT2D eigenvalue weighted by Gasteiger charge is 2.27. The second-order valence-corrected chi connectivity index (χ2v) is 8.12. The minimum atomic E-state index is -3.78. The zero-order chi connectivity index (χ0) is 15.6. The molecule has 1 aliphatic rings. The predicted octanol–water partition coefficient (Wildman–Crippen LogP) is 1.94. The Morgan fingerprint density at radius 3 is 2.81 bits per heavy atom. The quantitative estimate of drug-likeness (QED) is 0.856. The van der Waals surface area contributed by atoms with E-state index in [4.69, 9.17) is 15.4 Å². The maximum absolute atomic E-state index is 12.1. The number of hydrogen-bond acceptors (Lipinski definition) is 4. The monoisotopic (exact) mass is 331 g/mol. The van der Waals surface area contributed by atoms with E-state index in [0.29, 0.717) is 36.8 Å². The smallest absolute Gasteiger partial charge is 0.261 e. The van der Waals surface area contributed by atoms with E-state index in [0.717, 1.165) is 0 Å². The van der Waals surface area contributed by atoms with Gasteiger partial charge in [-0.2, -0.15) is 0 Å². The number of ether oxygens (including phenoxy) is 1. The summed E-state index contributed by atoms with van der Waals surface area (Å²) in [5, 5.41) is 2.86. The first-order valence-corrected chi connectivity index (χ1v) is 9.06. The van der Waals surface area contributed by atoms with E-state index in [1.165, 1.54) is 12.1 Å². The van der Waals surface area contributed by atoms with Crippen molar-refractivity contribution in [3.05, 3.63) is 23.8 Å². The molecule has 0 fully saturated rings. The predicted molar refractivity (Wildman–Crippen MR) is 80.0 cm³/mol. The number of amides is 1. The van der Waals surface area contributed by atoms with Gasteiger partial charge in [0.15, 0.2) is 0 Å². The van der Waals surface area contributed by atoms with E-state index >= 15 is 0 Å². The molecule has 1 atom stereocenters. The lowest BCUT2D eigenvalue weighted by molar-refractivity contribution is -0.126. The molecule has 7 heteroatoms. The van der Waals surface area contributed by atoms with Crippen LogP contribution >= 0.6 is 10.7 Å². The van der Waals surface area contributed by atoms with Crippen LogP contribution in [0.2, 0.25) is 0 Å². The summed E-state index contributed by atoms with van der Waals surface area (Å²) in [5.74, 6) is 0.587. The summed E-state index contributed by atoms with van der Waals surface area (Å²) in [6, 6.07) is 4.45. The first kappa shape index (κ1) is 16.1. The third kappa shape index (κ3) is 4.11. The van der Waals surface area contributed by atoms with Gasteiger partial charge in [0.2, 0.25) is 5.91 Å². The Labute approximate surface area is 129 Å². The van der Waals surface area contributed by atoms with Crippen LogP contribution in [0.15, 0.2) is 23.1 Å². The van der Waals surface area contributed by atoms with Crippen LogP contribution in [0.1, 0.15) is 19.4 Å². The number of halogens is 1. The minimum Gasteiger partial charge on any atom is -0.492 e. The van der Waals surface area contributed by atoms with Gasteiger partial charge in [-0.05, 0) is 36.1 Å². The molecule has 2 rings (SSSR count). The summed E-state index contributed by atoms with van der Waals surface area (Å²) in [5.41, 5.74) is 0.688. The van der Waals surface area contributed by atoms with Gasteiger partial charge in [-0.3, -0.25) is 4.79 Å². The van der Waals surface area contributed by atoms with E-state index in [9.17, 15) is 13.2 Å². The van der Waals surface area contributed by atoms with Crippen LogP contribution in [0.4, 0.5) is 0 Å². The van der Waals surface area contributed by atoms with Crippen LogP contribution in [0.25, 0.3) is 0 Å². The molecular weight excluding hydrogens is 314 g/mol. The summed E-state index contributed by atoms with van der Waals surface area (Å²) in [6.45, 7) is 4.94. The van der Waals surface area contributed by atoms with Gasteiger partial charge in [-0.25, -0.2) is 8.42 Å². The number of hydrogen-bond donors (Lipinski definition) is 1. The number of carbonyl (C=O) groups excluding carboxylic acids is 1. The van der Waals surface area contributed by atoms with Crippen molar-refractivity contribution in [3.63, 3.8) is 0 Å². The van der Waals surface area contributed by atoms with Gasteiger partial charge in [-0.15, -0.1) is 0 Å². The Bertz CT molecular complexity index is 642. The van der Waals surface area contributed by atoms with Crippen LogP contribution in [0.5, 0.6) is 5.75 Å². The molecule has 1 N–H and O–H groups in total. The van der Waals surface area contributed by atoms with Crippen LogP contribution in [0.3, 0.4) is 0 Å². The maximum atomic E-state index is 12.1. The Kier molecular flexibility index (Phi) is 4.78. The minimum absolute atomic E-state index is 0.0229. The van der Waals surface area contributed by atoms with Crippen molar-refractivity contribution in [1.29, 1.82) is 0 Å². The number of fused-ring (bicyclic) bond motifs is 1. The molecular formula is C14H18ClNO4S. The summed E-state index contributed by atoms with van der Waals surface area (Å²) in [6.07, 6.45) is 0.444. The molecule has 116 valence electrons. The van der Waals surface area contributed by atoms with Crippen molar-refractivity contribution in [1.82, 2.24) is 5.32 Å². The molecule has 0 aliphatic carbocycles. The van der Waals surface area contributed by atoms with Gasteiger partial charge < -0.3 is 10.1 Å². The lowest BCUT2D eigenvalue weighted by Gasteiger charge is -2.25. The molecule has 1 aromatic carbocycles. The fourth-order valence-electron chi connectivity index (χ4n) is 2.14. The molecule has 0 spiro atoms. The number of carbonyl (C=O) groups is 1. The average molecular weight is 332 g/mol. The summed E-state index contributed by atoms with van der Waals surface area (Å²) in [7, 11) is 1.56. The van der Waals surface area contributed by atoms with Crippen molar-refractivity contribution in [2.45, 2.75) is 25.2 Å². The zero-order valence-corrected chi connectivity index (χ0v) is 13.5. The highest BCUT2D eigenvalue weighted by molar-refractivity contribution is 8.13. The first-order valence-electron chi connectivity index (χ1n) is 6.75. The van der Waals surface area contributed by atoms with Crippen molar-refractivity contribution in [2.75, 3.05) is 13.2 Å². The fourth-order valence-corrected chi connectivity index (χ4v) is 2.94. The second kappa shape index (κ2) is 6.23. The molecule has 0 saturated heterocycles. The standard InChI is InChI=1S/C14H18ClNO4S/c1-9(2)7-16-14(17)11-5-10-6-12(21(15,18)19)3-4-13(10)20-8-11/h3-4,6,9,11H,5,7-8H2,1-2H3,(H,16,17). The Balaban J connectivity index is 2.13. The van der Waals surface area contributed by atoms with Crippen LogP contribution in [0, 0.1) is 11.8 Å². The molecule has 1 aliphatic heterocycles. The topological polar surface area (TPSA) is 72.5 Å². The lowest BCUT2D eigenvalue weighted by Crippen LogP contribution is -2.38. The summed E-state index contributed by atoms with van der Waals surface area (Å²) >= 11 is 0. The third-order valence-corrected chi connectivity index (χ3v) is 4.63. The lowest BCUT2D eigenvalue weighted by atomic mass is 9.96. The normalized spacial score (nSPS) is 18.0. The Morgan fingerprint density at radius 1 is 1.48 bits per heavy atom. The summed E-state index contributed by atoms with van der Waals surface area (Å²) < 4.78 is 28.2. The molecule has 1 aromatic rings. The van der Waals surface area contributed by atoms with Crippen molar-refractivity contribution in [3.8, 4) is 5.75 Å². The van der Waals surface area contributed by atoms with Crippen molar-refractivity contribution >= 4 is 25.6 Å². The molecule has 5 nitrogen and oxygen atoms in total. The number of benzene rings is 1. The molecule has 1 amide bonds. The van der Waals surface area contributed by atoms with Crippen LogP contribution in [-0.2, 0) is 20.3 Å². The van der Waals surface area contributed by atoms with Crippen molar-refractivity contribution < 1.29 is 17.9 Å². The van der Waals surface area contributed by atoms with E-state index in [1.54, 1.807) is 6.07 Å². The molecule has 1 unspecified atom stereocenters. The van der Waals surface area contributed by atoms with Gasteiger partial charge in [0.25, 0.3) is 9.05 Å². The summed E-state index contributed by atoms with van der Waals surface area (Å²) in [4.78, 5) is 12.1. The van der Waals surface area contributed by atoms with E-state index in [1.807, 2.05) is 13.8 Å².